The zero-order valence-corrected chi connectivity index (χ0v) is 24.6. The molecule has 1 N–H and O–H groups in total. The maximum atomic E-state index is 11.4. The summed E-state index contributed by atoms with van der Waals surface area (Å²) in [4.78, 5) is 5.20. The highest BCUT2D eigenvalue weighted by molar-refractivity contribution is 5.99. The number of aromatic nitrogens is 1. The van der Waals surface area contributed by atoms with Gasteiger partial charge in [0.1, 0.15) is 5.75 Å². The number of benzene rings is 3. The molecule has 0 aliphatic rings. The molecule has 1 aromatic heterocycles. The largest absolute Gasteiger partial charge is 0.507 e. The lowest BCUT2D eigenvalue weighted by Gasteiger charge is -2.28. The maximum Gasteiger partial charge on any atom is 0.161 e. The van der Waals surface area contributed by atoms with Crippen LogP contribution in [0.1, 0.15) is 52.7 Å². The summed E-state index contributed by atoms with van der Waals surface area (Å²) >= 11 is 0. The summed E-state index contributed by atoms with van der Waals surface area (Å²) < 4.78 is 22.3. The van der Waals surface area contributed by atoms with Gasteiger partial charge >= 0.3 is 0 Å². The first-order valence-corrected chi connectivity index (χ1v) is 13.0. The fourth-order valence-electron chi connectivity index (χ4n) is 4.86. The van der Waals surface area contributed by atoms with Crippen LogP contribution >= 0.6 is 0 Å². The molecule has 1 heterocycles. The molecule has 0 radical (unpaired) electrons. The number of fused-ring (bicyclic) bond motifs is 1. The van der Waals surface area contributed by atoms with Crippen molar-refractivity contribution in [3.05, 3.63) is 59.7 Å². The van der Waals surface area contributed by atoms with E-state index in [0.29, 0.717) is 28.7 Å². The average Bonchev–Trinajstić information content (AvgIpc) is 2.89. The molecule has 39 heavy (non-hydrogen) atoms. The van der Waals surface area contributed by atoms with Crippen molar-refractivity contribution in [2.24, 2.45) is 0 Å². The van der Waals surface area contributed by atoms with Crippen LogP contribution in [0.5, 0.6) is 28.7 Å². The van der Waals surface area contributed by atoms with Gasteiger partial charge in [0.25, 0.3) is 0 Å². The second-order valence-corrected chi connectivity index (χ2v) is 11.8. The van der Waals surface area contributed by atoms with Crippen molar-refractivity contribution in [3.63, 3.8) is 0 Å². The van der Waals surface area contributed by atoms with Crippen LogP contribution in [-0.4, -0.2) is 38.5 Å². The summed E-state index contributed by atoms with van der Waals surface area (Å²) in [5, 5.41) is 13.2. The number of pyridine rings is 1. The van der Waals surface area contributed by atoms with Gasteiger partial charge in [0, 0.05) is 27.6 Å². The Morgan fingerprint density at radius 2 is 1.10 bits per heavy atom. The van der Waals surface area contributed by atoms with Gasteiger partial charge in [-0.15, -0.1) is 0 Å². The molecule has 0 fully saturated rings. The van der Waals surface area contributed by atoms with E-state index in [1.54, 1.807) is 28.4 Å². The van der Waals surface area contributed by atoms with Crippen LogP contribution in [-0.2, 0) is 10.8 Å². The zero-order chi connectivity index (χ0) is 28.7. The van der Waals surface area contributed by atoms with E-state index in [-0.39, 0.29) is 10.8 Å². The molecule has 0 saturated carbocycles. The van der Waals surface area contributed by atoms with Crippen molar-refractivity contribution >= 4 is 10.8 Å². The number of hydrogen-bond donors (Lipinski definition) is 1. The van der Waals surface area contributed by atoms with Gasteiger partial charge in [-0.1, -0.05) is 41.5 Å². The second kappa shape index (κ2) is 10.3. The third-order valence-electron chi connectivity index (χ3n) is 7.01. The van der Waals surface area contributed by atoms with Crippen LogP contribution in [0.4, 0.5) is 0 Å². The first kappa shape index (κ1) is 28.1. The van der Waals surface area contributed by atoms with Crippen molar-refractivity contribution in [2.75, 3.05) is 28.4 Å². The summed E-state index contributed by atoms with van der Waals surface area (Å²) in [5.74, 6) is 2.87. The SMILES string of the molecule is COc1ccc(-c2cc3cc(OC)c(OC)cc3c(-c3cc(C(C)(C)C)c(O)c(C(C)(C)C)c3)n2)cc1OC. The first-order chi connectivity index (χ1) is 18.3. The van der Waals surface area contributed by atoms with E-state index in [2.05, 4.69) is 53.7 Å². The van der Waals surface area contributed by atoms with Crippen molar-refractivity contribution in [2.45, 2.75) is 52.4 Å². The Morgan fingerprint density at radius 3 is 1.62 bits per heavy atom. The lowest BCUT2D eigenvalue weighted by Crippen LogP contribution is -2.17. The summed E-state index contributed by atoms with van der Waals surface area (Å²) in [6, 6.07) is 15.9. The second-order valence-electron chi connectivity index (χ2n) is 11.8. The van der Waals surface area contributed by atoms with Crippen molar-refractivity contribution in [1.29, 1.82) is 0 Å². The number of phenolic OH excluding ortho intramolecular Hbond substituents is 1. The van der Waals surface area contributed by atoms with Gasteiger partial charge in [0.2, 0.25) is 0 Å². The molecule has 0 saturated heterocycles. The summed E-state index contributed by atoms with van der Waals surface area (Å²) in [6.07, 6.45) is 0. The molecule has 0 bridgehead atoms. The number of hydrogen-bond acceptors (Lipinski definition) is 6. The van der Waals surface area contributed by atoms with Gasteiger partial charge in [0.05, 0.1) is 39.8 Å². The standard InChI is InChI=1S/C33H39NO5/c1-32(2,3)23-13-21(14-24(31(23)35)33(4,5)6)30-22-18-29(39-10)28(38-9)17-20(22)15-25(34-30)19-11-12-26(36-7)27(16-19)37-8/h11-18,35H,1-10H3. The fourth-order valence-corrected chi connectivity index (χ4v) is 4.86. The van der Waals surface area contributed by atoms with E-state index >= 15 is 0 Å². The summed E-state index contributed by atoms with van der Waals surface area (Å²) in [7, 11) is 6.50. The molecular formula is C33H39NO5. The van der Waals surface area contributed by atoms with Crippen LogP contribution < -0.4 is 18.9 Å². The lowest BCUT2D eigenvalue weighted by atomic mass is 9.78. The number of aromatic hydroxyl groups is 1. The minimum atomic E-state index is -0.280. The first-order valence-electron chi connectivity index (χ1n) is 13.0. The van der Waals surface area contributed by atoms with E-state index in [9.17, 15) is 5.11 Å². The molecule has 6 heteroatoms. The predicted octanol–water partition coefficient (Wildman–Crippen LogP) is 7.90. The average molecular weight is 530 g/mol. The van der Waals surface area contributed by atoms with Gasteiger partial charge in [-0.3, -0.25) is 0 Å². The van der Waals surface area contributed by atoms with Crippen molar-refractivity contribution in [1.82, 2.24) is 4.98 Å². The molecule has 4 rings (SSSR count). The van der Waals surface area contributed by atoms with Crippen LogP contribution in [0.3, 0.4) is 0 Å². The smallest absolute Gasteiger partial charge is 0.161 e. The highest BCUT2D eigenvalue weighted by atomic mass is 16.5. The molecule has 0 amide bonds. The molecule has 206 valence electrons. The Kier molecular flexibility index (Phi) is 7.44. The number of rotatable bonds is 6. The highest BCUT2D eigenvalue weighted by Crippen LogP contribution is 2.45. The monoisotopic (exact) mass is 529 g/mol. The fraction of sp³-hybridized carbons (Fsp3) is 0.364. The molecular weight excluding hydrogens is 490 g/mol. The van der Waals surface area contributed by atoms with Gasteiger partial charge in [0.15, 0.2) is 23.0 Å². The number of nitrogens with zero attached hydrogens (tertiary/aromatic N) is 1. The van der Waals surface area contributed by atoms with Crippen LogP contribution in [0.15, 0.2) is 48.5 Å². The third kappa shape index (κ3) is 5.33. The van der Waals surface area contributed by atoms with Gasteiger partial charge in [-0.25, -0.2) is 4.98 Å². The quantitative estimate of drug-likeness (QED) is 0.274. The van der Waals surface area contributed by atoms with Crippen molar-refractivity contribution < 1.29 is 24.1 Å². The topological polar surface area (TPSA) is 70.0 Å². The van der Waals surface area contributed by atoms with E-state index in [1.807, 2.05) is 36.4 Å². The van der Waals surface area contributed by atoms with Crippen molar-refractivity contribution in [3.8, 4) is 51.3 Å². The molecule has 0 atom stereocenters. The number of ether oxygens (including phenoxy) is 4. The lowest BCUT2D eigenvalue weighted by molar-refractivity contribution is 0.355. The normalized spacial score (nSPS) is 11.9. The minimum absolute atomic E-state index is 0.280. The summed E-state index contributed by atoms with van der Waals surface area (Å²) in [5.41, 5.74) is 4.55. The van der Waals surface area contributed by atoms with Gasteiger partial charge in [-0.05, 0) is 64.7 Å². The molecule has 0 aliphatic heterocycles. The van der Waals surface area contributed by atoms with E-state index < -0.39 is 0 Å². The highest BCUT2D eigenvalue weighted by Gasteiger charge is 2.28. The Bertz CT molecular complexity index is 1490. The van der Waals surface area contributed by atoms with E-state index in [0.717, 1.165) is 44.4 Å². The molecule has 4 aromatic rings. The third-order valence-corrected chi connectivity index (χ3v) is 7.01. The number of methoxy groups -OCH3 is 4. The molecule has 6 nitrogen and oxygen atoms in total. The zero-order valence-electron chi connectivity index (χ0n) is 24.6. The Hall–Kier alpha value is -3.93. The minimum Gasteiger partial charge on any atom is -0.507 e. The predicted molar refractivity (Wildman–Crippen MR) is 158 cm³/mol. The van der Waals surface area contributed by atoms with Gasteiger partial charge in [-0.2, -0.15) is 0 Å². The maximum absolute atomic E-state index is 11.4. The van der Waals surface area contributed by atoms with Crippen LogP contribution in [0.25, 0.3) is 33.3 Å². The molecule has 0 aliphatic carbocycles. The van der Waals surface area contributed by atoms with Crippen LogP contribution in [0.2, 0.25) is 0 Å². The van der Waals surface area contributed by atoms with Crippen LogP contribution in [0, 0.1) is 0 Å². The summed E-state index contributed by atoms with van der Waals surface area (Å²) in [6.45, 7) is 12.7. The van der Waals surface area contributed by atoms with Gasteiger partial charge < -0.3 is 24.1 Å². The Labute approximate surface area is 231 Å². The Morgan fingerprint density at radius 1 is 0.590 bits per heavy atom. The molecule has 0 spiro atoms. The Balaban J connectivity index is 2.12. The van der Waals surface area contributed by atoms with E-state index in [1.165, 1.54) is 0 Å². The molecule has 3 aromatic carbocycles. The molecule has 0 unspecified atom stereocenters. The van der Waals surface area contributed by atoms with E-state index in [4.69, 9.17) is 23.9 Å². The number of phenols is 1.